The average Bonchev–Trinajstić information content (AvgIpc) is 3.59. The van der Waals surface area contributed by atoms with E-state index in [1.807, 2.05) is 6.92 Å². The molecule has 2 aliphatic heterocycles. The number of piperidine rings is 1. The molecule has 0 aromatic heterocycles. The van der Waals surface area contributed by atoms with E-state index in [0.29, 0.717) is 45.0 Å². The molecule has 2 aromatic rings. The van der Waals surface area contributed by atoms with Gasteiger partial charge < -0.3 is 14.9 Å². The van der Waals surface area contributed by atoms with Crippen molar-refractivity contribution in [2.45, 2.75) is 42.6 Å². The summed E-state index contributed by atoms with van der Waals surface area (Å²) in [6, 6.07) is 6.52. The second-order valence-corrected chi connectivity index (χ2v) is 11.8. The number of sulfonamides is 1. The van der Waals surface area contributed by atoms with Crippen LogP contribution in [0.1, 0.15) is 53.6 Å². The number of aromatic carboxylic acids is 1. The first-order chi connectivity index (χ1) is 17.0. The predicted octanol–water partition coefficient (Wildman–Crippen LogP) is 3.68. The number of halogens is 1. The van der Waals surface area contributed by atoms with Gasteiger partial charge in [-0.15, -0.1) is 0 Å². The topological polar surface area (TPSA) is 116 Å². The van der Waals surface area contributed by atoms with Crippen molar-refractivity contribution in [3.63, 3.8) is 0 Å². The van der Waals surface area contributed by atoms with E-state index >= 15 is 0 Å². The predicted molar refractivity (Wildman–Crippen MR) is 132 cm³/mol. The van der Waals surface area contributed by atoms with Gasteiger partial charge in [0, 0.05) is 25.6 Å². The highest BCUT2D eigenvalue weighted by Crippen LogP contribution is 2.55. The zero-order chi connectivity index (χ0) is 25.7. The molecule has 0 spiro atoms. The zero-order valence-corrected chi connectivity index (χ0v) is 20.7. The van der Waals surface area contributed by atoms with Crippen molar-refractivity contribution in [1.82, 2.24) is 4.90 Å². The average molecular weight is 517 g/mol. The second-order valence-electron chi connectivity index (χ2n) is 10.1. The van der Waals surface area contributed by atoms with Gasteiger partial charge in [0.05, 0.1) is 22.8 Å². The number of carbonyl (C=O) groups is 1. The standard InChI is InChI=1S/C26H29FN2O6S/c1-26(32)8-11-29(12-9-26)10-2-3-16-13-18(27)4-7-22(16)36(33,34)28-21-6-5-19-20-14-17(20)15-35-24(19)23(21)25(30)31/h2-7,13,17,20,28,32H,8-12,14-15H2,1H3,(H,30,31)/t17-,20-/m0/s1. The van der Waals surface area contributed by atoms with Crippen LogP contribution in [0.5, 0.6) is 5.75 Å². The third-order valence-corrected chi connectivity index (χ3v) is 8.71. The summed E-state index contributed by atoms with van der Waals surface area (Å²) in [6.45, 7) is 4.15. The summed E-state index contributed by atoms with van der Waals surface area (Å²) in [5.74, 6) is -1.04. The Morgan fingerprint density at radius 2 is 2.03 bits per heavy atom. The molecule has 3 N–H and O–H groups in total. The fourth-order valence-corrected chi connectivity index (χ4v) is 6.24. The van der Waals surface area contributed by atoms with Gasteiger partial charge in [-0.3, -0.25) is 9.62 Å². The molecule has 2 aromatic carbocycles. The van der Waals surface area contributed by atoms with E-state index in [-0.39, 0.29) is 33.4 Å². The van der Waals surface area contributed by atoms with E-state index in [1.165, 1.54) is 12.1 Å². The lowest BCUT2D eigenvalue weighted by atomic mass is 9.94. The van der Waals surface area contributed by atoms with Crippen LogP contribution >= 0.6 is 0 Å². The van der Waals surface area contributed by atoms with Crippen molar-refractivity contribution in [3.8, 4) is 5.75 Å². The molecule has 0 radical (unpaired) electrons. The summed E-state index contributed by atoms with van der Waals surface area (Å²) >= 11 is 0. The normalized spacial score (nSPS) is 23.0. The van der Waals surface area contributed by atoms with Gasteiger partial charge >= 0.3 is 5.97 Å². The summed E-state index contributed by atoms with van der Waals surface area (Å²) in [6.07, 6.45) is 5.52. The molecule has 1 saturated heterocycles. The smallest absolute Gasteiger partial charge is 0.341 e. The van der Waals surface area contributed by atoms with Gasteiger partial charge in [-0.25, -0.2) is 17.6 Å². The molecule has 36 heavy (non-hydrogen) atoms. The van der Waals surface area contributed by atoms with Gasteiger partial charge in [0.1, 0.15) is 17.1 Å². The Hall–Kier alpha value is -2.95. The molecule has 0 unspecified atom stereocenters. The van der Waals surface area contributed by atoms with E-state index in [1.54, 1.807) is 18.2 Å². The Bertz CT molecular complexity index is 1330. The minimum Gasteiger partial charge on any atom is -0.492 e. The lowest BCUT2D eigenvalue weighted by molar-refractivity contribution is -0.00242. The van der Waals surface area contributed by atoms with Crippen LogP contribution in [0.15, 0.2) is 41.3 Å². The van der Waals surface area contributed by atoms with Crippen LogP contribution in [0, 0.1) is 11.7 Å². The summed E-state index contributed by atoms with van der Waals surface area (Å²) in [5.41, 5.74) is -0.0525. The van der Waals surface area contributed by atoms with Crippen LogP contribution in [0.2, 0.25) is 0 Å². The Morgan fingerprint density at radius 1 is 1.28 bits per heavy atom. The Morgan fingerprint density at radius 3 is 2.75 bits per heavy atom. The van der Waals surface area contributed by atoms with Crippen LogP contribution in [-0.2, 0) is 10.0 Å². The number of benzene rings is 2. The van der Waals surface area contributed by atoms with Gasteiger partial charge in [-0.1, -0.05) is 18.2 Å². The number of carboxylic acid groups (broad SMARTS) is 1. The molecule has 2 fully saturated rings. The molecule has 0 amide bonds. The molecule has 1 aliphatic carbocycles. The molecule has 0 bridgehead atoms. The first kappa shape index (κ1) is 24.7. The van der Waals surface area contributed by atoms with Crippen LogP contribution in [0.25, 0.3) is 6.08 Å². The number of nitrogens with one attached hydrogen (secondary N) is 1. The summed E-state index contributed by atoms with van der Waals surface area (Å²) < 4.78 is 48.8. The first-order valence-corrected chi connectivity index (χ1v) is 13.5. The van der Waals surface area contributed by atoms with E-state index in [4.69, 9.17) is 4.74 Å². The highest BCUT2D eigenvalue weighted by molar-refractivity contribution is 7.92. The van der Waals surface area contributed by atoms with Crippen LogP contribution < -0.4 is 9.46 Å². The lowest BCUT2D eigenvalue weighted by Crippen LogP contribution is -2.42. The van der Waals surface area contributed by atoms with Gasteiger partial charge in [0.2, 0.25) is 0 Å². The fraction of sp³-hybridized carbons (Fsp3) is 0.423. The molecule has 3 aliphatic rings. The van der Waals surface area contributed by atoms with Crippen molar-refractivity contribution >= 4 is 27.8 Å². The second kappa shape index (κ2) is 9.17. The number of likely N-dealkylation sites (tertiary alicyclic amines) is 1. The Balaban J connectivity index is 1.40. The number of anilines is 1. The molecule has 192 valence electrons. The lowest BCUT2D eigenvalue weighted by Gasteiger charge is -2.35. The number of nitrogens with zero attached hydrogens (tertiary/aromatic N) is 1. The van der Waals surface area contributed by atoms with Crippen molar-refractivity contribution in [1.29, 1.82) is 0 Å². The Labute approximate surface area is 209 Å². The molecular formula is C26H29FN2O6S. The van der Waals surface area contributed by atoms with E-state index in [0.717, 1.165) is 24.1 Å². The molecule has 5 rings (SSSR count). The van der Waals surface area contributed by atoms with E-state index in [2.05, 4.69) is 9.62 Å². The van der Waals surface area contributed by atoms with Crippen molar-refractivity contribution in [2.75, 3.05) is 31.0 Å². The van der Waals surface area contributed by atoms with Crippen LogP contribution in [-0.4, -0.2) is 61.3 Å². The molecular weight excluding hydrogens is 487 g/mol. The SMILES string of the molecule is CC1(O)CCN(CC=Cc2cc(F)ccc2S(=O)(=O)Nc2ccc3c(c2C(=O)O)OC[C@@H]2C[C@H]32)CC1. The van der Waals surface area contributed by atoms with Gasteiger partial charge in [0.25, 0.3) is 10.0 Å². The monoisotopic (exact) mass is 516 g/mol. The van der Waals surface area contributed by atoms with E-state index in [9.17, 15) is 27.8 Å². The first-order valence-electron chi connectivity index (χ1n) is 12.0. The molecule has 8 nitrogen and oxygen atoms in total. The minimum absolute atomic E-state index is 0.0972. The maximum absolute atomic E-state index is 14.0. The number of ether oxygens (including phenoxy) is 1. The van der Waals surface area contributed by atoms with Gasteiger partial charge in [-0.05, 0) is 67.5 Å². The maximum Gasteiger partial charge on any atom is 0.341 e. The molecule has 2 heterocycles. The number of hydrogen-bond donors (Lipinski definition) is 3. The highest BCUT2D eigenvalue weighted by Gasteiger charge is 2.45. The Kier molecular flexibility index (Phi) is 6.30. The largest absolute Gasteiger partial charge is 0.492 e. The third-order valence-electron chi connectivity index (χ3n) is 7.27. The highest BCUT2D eigenvalue weighted by atomic mass is 32.2. The van der Waals surface area contributed by atoms with Gasteiger partial charge in [0.15, 0.2) is 0 Å². The maximum atomic E-state index is 14.0. The third kappa shape index (κ3) is 4.98. The fourth-order valence-electron chi connectivity index (χ4n) is 4.99. The number of fused-ring (bicyclic) bond motifs is 3. The summed E-state index contributed by atoms with van der Waals surface area (Å²) in [4.78, 5) is 14.0. The van der Waals surface area contributed by atoms with E-state index < -0.39 is 27.4 Å². The number of hydrogen-bond acceptors (Lipinski definition) is 6. The molecule has 1 saturated carbocycles. The van der Waals surface area contributed by atoms with Crippen LogP contribution in [0.4, 0.5) is 10.1 Å². The minimum atomic E-state index is -4.25. The van der Waals surface area contributed by atoms with Crippen molar-refractivity contribution < 1.29 is 32.6 Å². The quantitative estimate of drug-likeness (QED) is 0.514. The summed E-state index contributed by atoms with van der Waals surface area (Å²) in [5, 5.41) is 20.0. The zero-order valence-electron chi connectivity index (χ0n) is 19.9. The molecule has 10 heteroatoms. The van der Waals surface area contributed by atoms with Crippen molar-refractivity contribution in [2.24, 2.45) is 5.92 Å². The number of carboxylic acids is 1. The number of rotatable bonds is 7. The molecule has 2 atom stereocenters. The van der Waals surface area contributed by atoms with Gasteiger partial charge in [-0.2, -0.15) is 0 Å². The number of aliphatic hydroxyl groups is 1. The van der Waals surface area contributed by atoms with Crippen molar-refractivity contribution in [3.05, 3.63) is 58.9 Å². The van der Waals surface area contributed by atoms with Crippen LogP contribution in [0.3, 0.4) is 0 Å². The summed E-state index contributed by atoms with van der Waals surface area (Å²) in [7, 11) is -4.25.